The van der Waals surface area contributed by atoms with E-state index in [4.69, 9.17) is 5.11 Å². The summed E-state index contributed by atoms with van der Waals surface area (Å²) >= 11 is 0. The average Bonchev–Trinajstić information content (AvgIpc) is 2.76. The van der Waals surface area contributed by atoms with Gasteiger partial charge in [-0.3, -0.25) is 0 Å². The van der Waals surface area contributed by atoms with Gasteiger partial charge in [0.15, 0.2) is 0 Å². The molecule has 0 bridgehead atoms. The minimum Gasteiger partial charge on any atom is -0.480 e. The van der Waals surface area contributed by atoms with Gasteiger partial charge < -0.3 is 15.7 Å². The van der Waals surface area contributed by atoms with Crippen LogP contribution in [0, 0.1) is 0 Å². The molecule has 17 heavy (non-hydrogen) atoms. The van der Waals surface area contributed by atoms with Gasteiger partial charge in [0.25, 0.3) is 0 Å². The number of urea groups is 1. The van der Waals surface area contributed by atoms with Gasteiger partial charge in [-0.15, -0.1) is 0 Å². The Labute approximate surface area is 101 Å². The lowest BCUT2D eigenvalue weighted by Gasteiger charge is -2.17. The Kier molecular flexibility index (Phi) is 5.52. The van der Waals surface area contributed by atoms with E-state index < -0.39 is 12.0 Å². The molecule has 1 atom stereocenters. The SMILES string of the molecule is CCCC[C@H](NC(=O)NC1CC=CC1)C(=O)O. The number of carbonyl (C=O) groups is 2. The van der Waals surface area contributed by atoms with Crippen LogP contribution in [-0.2, 0) is 4.79 Å². The molecular weight excluding hydrogens is 220 g/mol. The largest absolute Gasteiger partial charge is 0.480 e. The zero-order valence-electron chi connectivity index (χ0n) is 10.1. The predicted octanol–water partition coefficient (Wildman–Crippen LogP) is 1.65. The van der Waals surface area contributed by atoms with E-state index >= 15 is 0 Å². The fourth-order valence-corrected chi connectivity index (χ4v) is 1.79. The summed E-state index contributed by atoms with van der Waals surface area (Å²) in [7, 11) is 0. The van der Waals surface area contributed by atoms with Crippen molar-refractivity contribution in [2.75, 3.05) is 0 Å². The standard InChI is InChI=1S/C12H20N2O3/c1-2-3-8-10(11(15)16)14-12(17)13-9-6-4-5-7-9/h4-5,9-10H,2-3,6-8H2,1H3,(H,15,16)(H2,13,14,17)/t10-/m0/s1. The number of unbranched alkanes of at least 4 members (excludes halogenated alkanes) is 1. The second-order valence-corrected chi connectivity index (χ2v) is 4.29. The van der Waals surface area contributed by atoms with Gasteiger partial charge in [-0.05, 0) is 19.3 Å². The molecule has 0 unspecified atom stereocenters. The van der Waals surface area contributed by atoms with Gasteiger partial charge in [-0.1, -0.05) is 31.9 Å². The molecule has 0 fully saturated rings. The Morgan fingerprint density at radius 3 is 2.59 bits per heavy atom. The molecule has 3 N–H and O–H groups in total. The van der Waals surface area contributed by atoms with Crippen molar-refractivity contribution in [3.05, 3.63) is 12.2 Å². The zero-order chi connectivity index (χ0) is 12.7. The van der Waals surface area contributed by atoms with Crippen molar-refractivity contribution >= 4 is 12.0 Å². The maximum Gasteiger partial charge on any atom is 0.326 e. The van der Waals surface area contributed by atoms with Crippen LogP contribution >= 0.6 is 0 Å². The van der Waals surface area contributed by atoms with E-state index in [-0.39, 0.29) is 12.1 Å². The first kappa shape index (κ1) is 13.5. The van der Waals surface area contributed by atoms with E-state index in [1.807, 2.05) is 19.1 Å². The highest BCUT2D eigenvalue weighted by Crippen LogP contribution is 2.09. The van der Waals surface area contributed by atoms with Crippen molar-refractivity contribution in [2.24, 2.45) is 0 Å². The number of hydrogen-bond donors (Lipinski definition) is 3. The van der Waals surface area contributed by atoms with Crippen LogP contribution < -0.4 is 10.6 Å². The van der Waals surface area contributed by atoms with E-state index in [0.717, 1.165) is 25.7 Å². The second kappa shape index (κ2) is 6.93. The van der Waals surface area contributed by atoms with Crippen molar-refractivity contribution in [3.8, 4) is 0 Å². The van der Waals surface area contributed by atoms with E-state index in [1.165, 1.54) is 0 Å². The van der Waals surface area contributed by atoms with E-state index in [1.54, 1.807) is 0 Å². The average molecular weight is 240 g/mol. The van der Waals surface area contributed by atoms with Crippen LogP contribution in [-0.4, -0.2) is 29.2 Å². The van der Waals surface area contributed by atoms with Gasteiger partial charge in [0.1, 0.15) is 6.04 Å². The normalized spacial score (nSPS) is 16.8. The van der Waals surface area contributed by atoms with Gasteiger partial charge in [0.2, 0.25) is 0 Å². The Morgan fingerprint density at radius 1 is 1.41 bits per heavy atom. The summed E-state index contributed by atoms with van der Waals surface area (Å²) in [5.41, 5.74) is 0. The maximum atomic E-state index is 11.6. The highest BCUT2D eigenvalue weighted by molar-refractivity contribution is 5.82. The zero-order valence-corrected chi connectivity index (χ0v) is 10.1. The topological polar surface area (TPSA) is 78.4 Å². The Morgan fingerprint density at radius 2 is 2.06 bits per heavy atom. The number of nitrogens with one attached hydrogen (secondary N) is 2. The van der Waals surface area contributed by atoms with Crippen LogP contribution in [0.3, 0.4) is 0 Å². The smallest absolute Gasteiger partial charge is 0.326 e. The van der Waals surface area contributed by atoms with Gasteiger partial charge in [-0.2, -0.15) is 0 Å². The van der Waals surface area contributed by atoms with Crippen molar-refractivity contribution < 1.29 is 14.7 Å². The quantitative estimate of drug-likeness (QED) is 0.618. The summed E-state index contributed by atoms with van der Waals surface area (Å²) in [6, 6.07) is -1.07. The molecule has 0 spiro atoms. The molecule has 0 saturated carbocycles. The van der Waals surface area contributed by atoms with Gasteiger partial charge in [-0.25, -0.2) is 9.59 Å². The minimum atomic E-state index is -0.974. The van der Waals surface area contributed by atoms with Crippen LogP contribution in [0.2, 0.25) is 0 Å². The van der Waals surface area contributed by atoms with Crippen molar-refractivity contribution in [1.82, 2.24) is 10.6 Å². The summed E-state index contributed by atoms with van der Waals surface area (Å²) in [4.78, 5) is 22.5. The van der Waals surface area contributed by atoms with Gasteiger partial charge in [0, 0.05) is 6.04 Å². The van der Waals surface area contributed by atoms with Gasteiger partial charge in [0.05, 0.1) is 0 Å². The van der Waals surface area contributed by atoms with Crippen LogP contribution in [0.15, 0.2) is 12.2 Å². The lowest BCUT2D eigenvalue weighted by molar-refractivity contribution is -0.139. The van der Waals surface area contributed by atoms with E-state index in [2.05, 4.69) is 10.6 Å². The molecule has 1 aliphatic carbocycles. The lowest BCUT2D eigenvalue weighted by atomic mass is 10.1. The number of amides is 2. The number of carboxylic acid groups (broad SMARTS) is 1. The molecule has 0 heterocycles. The van der Waals surface area contributed by atoms with E-state index in [0.29, 0.717) is 6.42 Å². The third-order valence-corrected chi connectivity index (χ3v) is 2.79. The van der Waals surface area contributed by atoms with Crippen LogP contribution in [0.4, 0.5) is 4.79 Å². The van der Waals surface area contributed by atoms with Crippen molar-refractivity contribution in [1.29, 1.82) is 0 Å². The Bertz CT molecular complexity index is 294. The fourth-order valence-electron chi connectivity index (χ4n) is 1.79. The molecule has 1 aliphatic rings. The highest BCUT2D eigenvalue weighted by atomic mass is 16.4. The first-order chi connectivity index (χ1) is 8.13. The highest BCUT2D eigenvalue weighted by Gasteiger charge is 2.20. The maximum absolute atomic E-state index is 11.6. The van der Waals surface area contributed by atoms with Gasteiger partial charge >= 0.3 is 12.0 Å². The Hall–Kier alpha value is -1.52. The monoisotopic (exact) mass is 240 g/mol. The number of carboxylic acids is 1. The molecule has 0 radical (unpaired) electrons. The fraction of sp³-hybridized carbons (Fsp3) is 0.667. The summed E-state index contributed by atoms with van der Waals surface area (Å²) in [5.74, 6) is -0.974. The Balaban J connectivity index is 2.32. The molecule has 5 heteroatoms. The summed E-state index contributed by atoms with van der Waals surface area (Å²) in [6.07, 6.45) is 7.84. The summed E-state index contributed by atoms with van der Waals surface area (Å²) < 4.78 is 0. The lowest BCUT2D eigenvalue weighted by Crippen LogP contribution is -2.48. The van der Waals surface area contributed by atoms with Crippen LogP contribution in [0.25, 0.3) is 0 Å². The number of aliphatic carboxylic acids is 1. The first-order valence-electron chi connectivity index (χ1n) is 6.08. The van der Waals surface area contributed by atoms with Crippen LogP contribution in [0.5, 0.6) is 0 Å². The number of hydrogen-bond acceptors (Lipinski definition) is 2. The molecule has 0 aromatic heterocycles. The third kappa shape index (κ3) is 4.89. The second-order valence-electron chi connectivity index (χ2n) is 4.29. The first-order valence-corrected chi connectivity index (χ1v) is 6.08. The molecule has 2 amide bonds. The molecule has 1 rings (SSSR count). The molecule has 0 aliphatic heterocycles. The third-order valence-electron chi connectivity index (χ3n) is 2.79. The van der Waals surface area contributed by atoms with Crippen LogP contribution in [0.1, 0.15) is 39.0 Å². The molecule has 0 aromatic carbocycles. The van der Waals surface area contributed by atoms with E-state index in [9.17, 15) is 9.59 Å². The predicted molar refractivity (Wildman–Crippen MR) is 64.8 cm³/mol. The number of rotatable bonds is 6. The minimum absolute atomic E-state index is 0.107. The molecule has 96 valence electrons. The van der Waals surface area contributed by atoms with Crippen molar-refractivity contribution in [2.45, 2.75) is 51.1 Å². The molecular formula is C12H20N2O3. The molecule has 0 saturated heterocycles. The number of carbonyl (C=O) groups excluding carboxylic acids is 1. The summed E-state index contributed by atoms with van der Waals surface area (Å²) in [5, 5.41) is 14.2. The molecule has 5 nitrogen and oxygen atoms in total. The summed E-state index contributed by atoms with van der Waals surface area (Å²) in [6.45, 7) is 1.99. The van der Waals surface area contributed by atoms with Crippen molar-refractivity contribution in [3.63, 3.8) is 0 Å². The molecule has 0 aromatic rings.